The minimum absolute atomic E-state index is 0.119. The second kappa shape index (κ2) is 10.1. The highest BCUT2D eigenvalue weighted by Crippen LogP contribution is 2.27. The van der Waals surface area contributed by atoms with Gasteiger partial charge in [-0.15, -0.1) is 0 Å². The van der Waals surface area contributed by atoms with Crippen LogP contribution in [0.25, 0.3) is 0 Å². The predicted octanol–water partition coefficient (Wildman–Crippen LogP) is 2.71. The number of amides is 1. The number of sulfonamides is 1. The molecule has 0 bridgehead atoms. The van der Waals surface area contributed by atoms with Crippen LogP contribution in [0.3, 0.4) is 0 Å². The Labute approximate surface area is 170 Å². The van der Waals surface area contributed by atoms with Gasteiger partial charge in [-0.25, -0.2) is 12.8 Å². The van der Waals surface area contributed by atoms with Crippen molar-refractivity contribution in [1.29, 1.82) is 0 Å². The van der Waals surface area contributed by atoms with Crippen LogP contribution in [-0.4, -0.2) is 41.3 Å². The zero-order valence-electron chi connectivity index (χ0n) is 16.6. The smallest absolute Gasteiger partial charge is 0.232 e. The van der Waals surface area contributed by atoms with E-state index < -0.39 is 15.8 Å². The highest BCUT2D eigenvalue weighted by molar-refractivity contribution is 7.92. The lowest BCUT2D eigenvalue weighted by molar-refractivity contribution is -0.121. The second-order valence-electron chi connectivity index (χ2n) is 6.38. The number of methoxy groups -OCH3 is 2. The Balaban J connectivity index is 1.88. The molecule has 2 aromatic rings. The topological polar surface area (TPSA) is 84.9 Å². The van der Waals surface area contributed by atoms with E-state index >= 15 is 0 Å². The fourth-order valence-corrected chi connectivity index (χ4v) is 3.72. The third-order valence-corrected chi connectivity index (χ3v) is 5.41. The molecular weight excluding hydrogens is 399 g/mol. The molecule has 158 valence electrons. The van der Waals surface area contributed by atoms with Gasteiger partial charge in [0.25, 0.3) is 0 Å². The maximum atomic E-state index is 13.1. The summed E-state index contributed by atoms with van der Waals surface area (Å²) in [5, 5.41) is 2.79. The van der Waals surface area contributed by atoms with Crippen LogP contribution in [0.4, 0.5) is 10.1 Å². The van der Waals surface area contributed by atoms with Gasteiger partial charge in [-0.3, -0.25) is 9.10 Å². The predicted molar refractivity (Wildman–Crippen MR) is 109 cm³/mol. The summed E-state index contributed by atoms with van der Waals surface area (Å²) in [5.74, 6) is 0.524. The number of benzene rings is 2. The molecule has 1 amide bonds. The zero-order chi connectivity index (χ0) is 21.4. The van der Waals surface area contributed by atoms with Crippen molar-refractivity contribution < 1.29 is 27.1 Å². The number of rotatable bonds is 10. The van der Waals surface area contributed by atoms with E-state index in [2.05, 4.69) is 5.32 Å². The van der Waals surface area contributed by atoms with E-state index in [0.717, 1.165) is 16.1 Å². The van der Waals surface area contributed by atoms with E-state index in [9.17, 15) is 17.6 Å². The number of halogens is 1. The number of ether oxygens (including phenoxy) is 2. The number of nitrogens with zero attached hydrogens (tertiary/aromatic N) is 1. The van der Waals surface area contributed by atoms with E-state index in [1.165, 1.54) is 31.4 Å². The lowest BCUT2D eigenvalue weighted by atomic mass is 10.2. The largest absolute Gasteiger partial charge is 0.493 e. The van der Waals surface area contributed by atoms with Crippen LogP contribution in [0.15, 0.2) is 42.5 Å². The SMILES string of the molecule is COc1ccc(CNC(=O)CCCN(c2ccc(F)cc2)S(C)(=O)=O)cc1OC. The molecule has 0 aromatic heterocycles. The third kappa shape index (κ3) is 6.63. The van der Waals surface area contributed by atoms with Crippen LogP contribution in [0.2, 0.25) is 0 Å². The van der Waals surface area contributed by atoms with E-state index in [0.29, 0.717) is 30.2 Å². The maximum absolute atomic E-state index is 13.1. The fraction of sp³-hybridized carbons (Fsp3) is 0.350. The van der Waals surface area contributed by atoms with Gasteiger partial charge in [0, 0.05) is 19.5 Å². The van der Waals surface area contributed by atoms with Crippen LogP contribution in [-0.2, 0) is 21.4 Å². The first-order valence-corrected chi connectivity index (χ1v) is 10.8. The van der Waals surface area contributed by atoms with Crippen LogP contribution in [0.1, 0.15) is 18.4 Å². The zero-order valence-corrected chi connectivity index (χ0v) is 17.5. The second-order valence-corrected chi connectivity index (χ2v) is 8.29. The van der Waals surface area contributed by atoms with Gasteiger partial charge in [-0.2, -0.15) is 0 Å². The Morgan fingerprint density at radius 1 is 1.07 bits per heavy atom. The molecule has 0 fully saturated rings. The highest BCUT2D eigenvalue weighted by atomic mass is 32.2. The molecule has 0 saturated heterocycles. The molecule has 0 radical (unpaired) electrons. The number of nitrogens with one attached hydrogen (secondary N) is 1. The van der Waals surface area contributed by atoms with Crippen molar-refractivity contribution in [2.75, 3.05) is 31.3 Å². The Kier molecular flexibility index (Phi) is 7.83. The van der Waals surface area contributed by atoms with E-state index in [-0.39, 0.29) is 18.9 Å². The molecule has 0 aliphatic carbocycles. The van der Waals surface area contributed by atoms with Gasteiger partial charge in [-0.1, -0.05) is 6.07 Å². The summed E-state index contributed by atoms with van der Waals surface area (Å²) in [6, 6.07) is 10.5. The Morgan fingerprint density at radius 3 is 2.31 bits per heavy atom. The van der Waals surface area contributed by atoms with Gasteiger partial charge in [0.2, 0.25) is 15.9 Å². The first-order chi connectivity index (χ1) is 13.7. The molecule has 2 aromatic carbocycles. The molecule has 0 spiro atoms. The van der Waals surface area contributed by atoms with Gasteiger partial charge in [0.1, 0.15) is 5.82 Å². The number of anilines is 1. The van der Waals surface area contributed by atoms with Crippen molar-refractivity contribution in [2.45, 2.75) is 19.4 Å². The number of hydrogen-bond donors (Lipinski definition) is 1. The minimum Gasteiger partial charge on any atom is -0.493 e. The van der Waals surface area contributed by atoms with E-state index in [1.54, 1.807) is 19.2 Å². The van der Waals surface area contributed by atoms with Gasteiger partial charge >= 0.3 is 0 Å². The summed E-state index contributed by atoms with van der Waals surface area (Å²) < 4.78 is 48.7. The fourth-order valence-electron chi connectivity index (χ4n) is 2.76. The van der Waals surface area contributed by atoms with Gasteiger partial charge < -0.3 is 14.8 Å². The van der Waals surface area contributed by atoms with Gasteiger partial charge in [0.15, 0.2) is 11.5 Å². The van der Waals surface area contributed by atoms with Crippen LogP contribution < -0.4 is 19.1 Å². The molecule has 0 atom stereocenters. The number of hydrogen-bond acceptors (Lipinski definition) is 5. The summed E-state index contributed by atoms with van der Waals surface area (Å²) in [6.45, 7) is 0.432. The lowest BCUT2D eigenvalue weighted by Crippen LogP contribution is -2.32. The third-order valence-electron chi connectivity index (χ3n) is 4.22. The van der Waals surface area contributed by atoms with E-state index in [1.807, 2.05) is 6.07 Å². The van der Waals surface area contributed by atoms with Gasteiger partial charge in [-0.05, 0) is 48.4 Å². The Morgan fingerprint density at radius 2 is 1.72 bits per heavy atom. The standard InChI is InChI=1S/C20H25FN2O5S/c1-27-18-11-6-15(13-19(18)28-2)14-22-20(24)5-4-12-23(29(3,25)26)17-9-7-16(21)8-10-17/h6-11,13H,4-5,12,14H2,1-3H3,(H,22,24). The molecule has 2 rings (SSSR count). The molecule has 0 unspecified atom stereocenters. The summed E-state index contributed by atoms with van der Waals surface area (Å²) in [7, 11) is -0.462. The van der Waals surface area contributed by atoms with Crippen molar-refractivity contribution in [3.8, 4) is 11.5 Å². The summed E-state index contributed by atoms with van der Waals surface area (Å²) >= 11 is 0. The average Bonchev–Trinajstić information content (AvgIpc) is 2.69. The van der Waals surface area contributed by atoms with Crippen molar-refractivity contribution >= 4 is 21.6 Å². The first kappa shape index (κ1) is 22.5. The molecule has 9 heteroatoms. The van der Waals surface area contributed by atoms with Crippen molar-refractivity contribution in [3.05, 3.63) is 53.8 Å². The molecule has 0 aliphatic rings. The van der Waals surface area contributed by atoms with Crippen LogP contribution in [0, 0.1) is 5.82 Å². The highest BCUT2D eigenvalue weighted by Gasteiger charge is 2.17. The monoisotopic (exact) mass is 424 g/mol. The summed E-state index contributed by atoms with van der Waals surface area (Å²) in [5.41, 5.74) is 1.21. The van der Waals surface area contributed by atoms with Crippen molar-refractivity contribution in [1.82, 2.24) is 5.32 Å². The molecule has 1 N–H and O–H groups in total. The lowest BCUT2D eigenvalue weighted by Gasteiger charge is -2.22. The molecule has 0 aliphatic heterocycles. The van der Waals surface area contributed by atoms with Crippen molar-refractivity contribution in [3.63, 3.8) is 0 Å². The normalized spacial score (nSPS) is 11.0. The van der Waals surface area contributed by atoms with Crippen molar-refractivity contribution in [2.24, 2.45) is 0 Å². The summed E-state index contributed by atoms with van der Waals surface area (Å²) in [6.07, 6.45) is 1.55. The molecule has 7 nitrogen and oxygen atoms in total. The first-order valence-electron chi connectivity index (χ1n) is 8.95. The van der Waals surface area contributed by atoms with Crippen LogP contribution in [0.5, 0.6) is 11.5 Å². The average molecular weight is 424 g/mol. The summed E-state index contributed by atoms with van der Waals surface area (Å²) in [4.78, 5) is 12.1. The maximum Gasteiger partial charge on any atom is 0.232 e. The number of carbonyl (C=O) groups is 1. The molecule has 0 heterocycles. The van der Waals surface area contributed by atoms with Gasteiger partial charge in [0.05, 0.1) is 26.2 Å². The number of carbonyl (C=O) groups excluding carboxylic acids is 1. The Bertz CT molecular complexity index is 932. The molecule has 0 saturated carbocycles. The van der Waals surface area contributed by atoms with Crippen LogP contribution >= 0.6 is 0 Å². The quantitative estimate of drug-likeness (QED) is 0.634. The Hall–Kier alpha value is -2.81. The van der Waals surface area contributed by atoms with E-state index in [4.69, 9.17) is 9.47 Å². The minimum atomic E-state index is -3.54. The molecular formula is C20H25FN2O5S. The molecule has 29 heavy (non-hydrogen) atoms.